The molecule has 0 saturated heterocycles. The molecule has 0 aromatic rings. The van der Waals surface area contributed by atoms with E-state index in [-0.39, 0.29) is 6.54 Å². The Morgan fingerprint density at radius 3 is 1.94 bits per heavy atom. The summed E-state index contributed by atoms with van der Waals surface area (Å²) in [5, 5.41) is 36.5. The van der Waals surface area contributed by atoms with Gasteiger partial charge >= 0.3 is 12.2 Å². The van der Waals surface area contributed by atoms with Crippen molar-refractivity contribution in [2.75, 3.05) is 13.2 Å². The fourth-order valence-electron chi connectivity index (χ4n) is 1.12. The lowest BCUT2D eigenvalue weighted by Gasteiger charge is -2.34. The third kappa shape index (κ3) is 3.91. The van der Waals surface area contributed by atoms with E-state index in [0.717, 1.165) is 0 Å². The molecule has 0 aromatic carbocycles. The minimum absolute atomic E-state index is 0.383. The Morgan fingerprint density at radius 2 is 1.69 bits per heavy atom. The number of aliphatic hydroxyl groups excluding tert-OH is 2. The van der Waals surface area contributed by atoms with Gasteiger partial charge in [-0.05, 0) is 13.8 Å². The molecule has 0 fully saturated rings. The van der Waals surface area contributed by atoms with Gasteiger partial charge in [0.25, 0.3) is 0 Å². The van der Waals surface area contributed by atoms with Crippen LogP contribution in [-0.4, -0.2) is 67.9 Å². The summed E-state index contributed by atoms with van der Waals surface area (Å²) in [7, 11) is 0. The van der Waals surface area contributed by atoms with Crippen LogP contribution < -0.4 is 0 Å². The summed E-state index contributed by atoms with van der Waals surface area (Å²) >= 11 is 0. The molecule has 0 heterocycles. The third-order valence-corrected chi connectivity index (χ3v) is 1.80. The molecule has 8 heteroatoms. The van der Waals surface area contributed by atoms with Crippen LogP contribution in [0.2, 0.25) is 0 Å². The van der Waals surface area contributed by atoms with E-state index in [1.165, 1.54) is 13.8 Å². The van der Waals surface area contributed by atoms with Gasteiger partial charge in [-0.15, -0.1) is 0 Å². The molecule has 0 rings (SSSR count). The largest absolute Gasteiger partial charge is 0.464 e. The highest BCUT2D eigenvalue weighted by atomic mass is 16.4. The summed E-state index contributed by atoms with van der Waals surface area (Å²) in [5.74, 6) is 0. The van der Waals surface area contributed by atoms with Crippen LogP contribution in [0.1, 0.15) is 13.8 Å². The third-order valence-electron chi connectivity index (χ3n) is 1.80. The molecule has 8 nitrogen and oxygen atoms in total. The highest BCUT2D eigenvalue weighted by molar-refractivity contribution is 5.72. The lowest BCUT2D eigenvalue weighted by molar-refractivity contribution is -0.0499. The van der Waals surface area contributed by atoms with Crippen molar-refractivity contribution in [1.82, 2.24) is 10.0 Å². The lowest BCUT2D eigenvalue weighted by Crippen LogP contribution is -2.55. The van der Waals surface area contributed by atoms with Crippen LogP contribution in [0.5, 0.6) is 0 Å². The fraction of sp³-hybridized carbons (Fsp3) is 0.750. The van der Waals surface area contributed by atoms with E-state index >= 15 is 0 Å². The molecule has 4 N–H and O–H groups in total. The topological polar surface area (TPSA) is 122 Å². The maximum absolute atomic E-state index is 10.9. The smallest absolute Gasteiger partial charge is 0.426 e. The molecule has 0 saturated carbocycles. The summed E-state index contributed by atoms with van der Waals surface area (Å²) < 4.78 is 0. The van der Waals surface area contributed by atoms with Gasteiger partial charge in [-0.2, -0.15) is 0 Å². The van der Waals surface area contributed by atoms with Crippen molar-refractivity contribution in [3.63, 3.8) is 0 Å². The van der Waals surface area contributed by atoms with Crippen molar-refractivity contribution < 1.29 is 30.0 Å². The summed E-state index contributed by atoms with van der Waals surface area (Å²) in [6.45, 7) is 1.79. The molecular weight excluding hydrogens is 220 g/mol. The zero-order valence-electron chi connectivity index (χ0n) is 9.07. The Kier molecular flexibility index (Phi) is 5.54. The lowest BCUT2D eigenvalue weighted by atomic mass is 10.3. The van der Waals surface area contributed by atoms with Crippen molar-refractivity contribution in [2.45, 2.75) is 26.0 Å². The predicted octanol–water partition coefficient (Wildman–Crippen LogP) is -0.377. The van der Waals surface area contributed by atoms with Crippen LogP contribution in [0.3, 0.4) is 0 Å². The number of aliphatic hydroxyl groups is 2. The molecule has 2 amide bonds. The Hall–Kier alpha value is -1.54. The molecule has 0 bridgehead atoms. The fourth-order valence-corrected chi connectivity index (χ4v) is 1.12. The Morgan fingerprint density at radius 1 is 1.19 bits per heavy atom. The van der Waals surface area contributed by atoms with E-state index in [9.17, 15) is 9.59 Å². The normalized spacial score (nSPS) is 14.0. The van der Waals surface area contributed by atoms with Crippen molar-refractivity contribution >= 4 is 12.2 Å². The van der Waals surface area contributed by atoms with Gasteiger partial charge in [0.05, 0.1) is 25.3 Å². The molecule has 0 spiro atoms. The van der Waals surface area contributed by atoms with E-state index in [4.69, 9.17) is 20.4 Å². The molecule has 0 aliphatic carbocycles. The average Bonchev–Trinajstić information content (AvgIpc) is 2.14. The second-order valence-corrected chi connectivity index (χ2v) is 3.37. The standard InChI is InChI=1S/C8H16N2O6/c1-5(4-11)10(8(15)16)9(7(13)14)3-6(2)12/h5-6,11-12H,3-4H2,1-2H3,(H,13,14)(H,15,16). The van der Waals surface area contributed by atoms with E-state index in [1.807, 2.05) is 0 Å². The van der Waals surface area contributed by atoms with Crippen LogP contribution in [0.15, 0.2) is 0 Å². The van der Waals surface area contributed by atoms with Gasteiger partial charge in [0.15, 0.2) is 0 Å². The van der Waals surface area contributed by atoms with Crippen molar-refractivity contribution in [3.8, 4) is 0 Å². The Labute approximate surface area is 92.3 Å². The SMILES string of the molecule is CC(O)CN(C(=O)O)N(C(=O)O)C(C)CO. The predicted molar refractivity (Wildman–Crippen MR) is 52.8 cm³/mol. The van der Waals surface area contributed by atoms with Gasteiger partial charge in [-0.1, -0.05) is 0 Å². The van der Waals surface area contributed by atoms with Gasteiger partial charge in [0.1, 0.15) is 0 Å². The maximum Gasteiger partial charge on any atom is 0.426 e. The van der Waals surface area contributed by atoms with E-state index in [0.29, 0.717) is 10.0 Å². The number of hydrogen-bond acceptors (Lipinski definition) is 4. The molecule has 94 valence electrons. The highest BCUT2D eigenvalue weighted by Gasteiger charge is 2.30. The summed E-state index contributed by atoms with van der Waals surface area (Å²) in [4.78, 5) is 21.7. The average molecular weight is 236 g/mol. The minimum Gasteiger partial charge on any atom is -0.464 e. The van der Waals surface area contributed by atoms with Gasteiger partial charge in [-0.3, -0.25) is 0 Å². The quantitative estimate of drug-likeness (QED) is 0.494. The van der Waals surface area contributed by atoms with Crippen LogP contribution >= 0.6 is 0 Å². The van der Waals surface area contributed by atoms with Crippen LogP contribution in [0.4, 0.5) is 9.59 Å². The molecule has 16 heavy (non-hydrogen) atoms. The molecule has 0 radical (unpaired) electrons. The van der Waals surface area contributed by atoms with Gasteiger partial charge in [0, 0.05) is 0 Å². The number of nitrogens with zero attached hydrogens (tertiary/aromatic N) is 2. The molecule has 2 atom stereocenters. The minimum atomic E-state index is -1.51. The van der Waals surface area contributed by atoms with Crippen LogP contribution in [0, 0.1) is 0 Å². The molecule has 0 aliphatic rings. The molecule has 0 aliphatic heterocycles. The first-order valence-electron chi connectivity index (χ1n) is 4.62. The summed E-state index contributed by atoms with van der Waals surface area (Å²) in [6, 6.07) is -0.910. The number of carboxylic acid groups (broad SMARTS) is 2. The monoisotopic (exact) mass is 236 g/mol. The zero-order valence-corrected chi connectivity index (χ0v) is 9.07. The van der Waals surface area contributed by atoms with Crippen LogP contribution in [0.25, 0.3) is 0 Å². The zero-order chi connectivity index (χ0) is 12.9. The number of carbonyl (C=O) groups is 2. The summed E-state index contributed by atoms with van der Waals surface area (Å²) in [6.07, 6.45) is -4.03. The molecule has 0 aromatic heterocycles. The van der Waals surface area contributed by atoms with E-state index in [1.54, 1.807) is 0 Å². The Bertz CT molecular complexity index is 257. The number of hydrazine groups is 1. The van der Waals surface area contributed by atoms with E-state index in [2.05, 4.69) is 0 Å². The van der Waals surface area contributed by atoms with Crippen molar-refractivity contribution in [3.05, 3.63) is 0 Å². The first kappa shape index (κ1) is 14.5. The number of rotatable bonds is 4. The van der Waals surface area contributed by atoms with E-state index < -0.39 is 30.9 Å². The number of hydrogen-bond donors (Lipinski definition) is 4. The highest BCUT2D eigenvalue weighted by Crippen LogP contribution is 2.07. The first-order valence-corrected chi connectivity index (χ1v) is 4.62. The second-order valence-electron chi connectivity index (χ2n) is 3.37. The van der Waals surface area contributed by atoms with Gasteiger partial charge in [-0.25, -0.2) is 19.6 Å². The van der Waals surface area contributed by atoms with Crippen LogP contribution in [-0.2, 0) is 0 Å². The number of amides is 2. The van der Waals surface area contributed by atoms with Crippen molar-refractivity contribution in [1.29, 1.82) is 0 Å². The van der Waals surface area contributed by atoms with Gasteiger partial charge in [0.2, 0.25) is 0 Å². The first-order chi connectivity index (χ1) is 7.31. The maximum atomic E-state index is 10.9. The molecular formula is C8H16N2O6. The van der Waals surface area contributed by atoms with Crippen molar-refractivity contribution in [2.24, 2.45) is 0 Å². The van der Waals surface area contributed by atoms with Gasteiger partial charge < -0.3 is 20.4 Å². The second kappa shape index (κ2) is 6.13. The Balaban J connectivity index is 4.94. The molecule has 2 unspecified atom stereocenters. The summed E-state index contributed by atoms with van der Waals surface area (Å²) in [5.41, 5.74) is 0.